The van der Waals surface area contributed by atoms with Gasteiger partial charge in [-0.15, -0.1) is 11.3 Å². The van der Waals surface area contributed by atoms with Gasteiger partial charge < -0.3 is 5.32 Å². The summed E-state index contributed by atoms with van der Waals surface area (Å²) in [4.78, 5) is 1.44. The minimum atomic E-state index is 0.794. The Kier molecular flexibility index (Phi) is 2.77. The summed E-state index contributed by atoms with van der Waals surface area (Å²) in [5, 5.41) is 5.80. The van der Waals surface area contributed by atoms with Crippen LogP contribution >= 0.6 is 11.3 Å². The first kappa shape index (κ1) is 10.1. The van der Waals surface area contributed by atoms with Crippen molar-refractivity contribution in [1.82, 2.24) is 5.32 Å². The van der Waals surface area contributed by atoms with E-state index in [2.05, 4.69) is 47.1 Å². The third-order valence-electron chi connectivity index (χ3n) is 2.90. The van der Waals surface area contributed by atoms with E-state index in [-0.39, 0.29) is 0 Å². The van der Waals surface area contributed by atoms with Gasteiger partial charge in [0.05, 0.1) is 0 Å². The largest absolute Gasteiger partial charge is 0.309 e. The Balaban J connectivity index is 1.71. The molecule has 0 radical (unpaired) electrons. The van der Waals surface area contributed by atoms with Crippen molar-refractivity contribution in [3.63, 3.8) is 0 Å². The van der Waals surface area contributed by atoms with Gasteiger partial charge in [0.25, 0.3) is 0 Å². The lowest BCUT2D eigenvalue weighted by molar-refractivity contribution is 0.695. The zero-order chi connectivity index (χ0) is 10.8. The Hall–Kier alpha value is -1.12. The highest BCUT2D eigenvalue weighted by atomic mass is 32.1. The first-order valence-electron chi connectivity index (χ1n) is 5.78. The molecule has 82 valence electrons. The summed E-state index contributed by atoms with van der Waals surface area (Å²) in [7, 11) is 0. The van der Waals surface area contributed by atoms with Crippen LogP contribution < -0.4 is 5.32 Å². The molecule has 0 atom stereocenters. The van der Waals surface area contributed by atoms with Crippen molar-refractivity contribution in [2.75, 3.05) is 0 Å². The van der Waals surface area contributed by atoms with Crippen LogP contribution in [0.3, 0.4) is 0 Å². The minimum Gasteiger partial charge on any atom is -0.309 e. The third-order valence-corrected chi connectivity index (χ3v) is 3.84. The van der Waals surface area contributed by atoms with E-state index < -0.39 is 0 Å². The van der Waals surface area contributed by atoms with E-state index in [9.17, 15) is 0 Å². The zero-order valence-electron chi connectivity index (χ0n) is 9.15. The maximum atomic E-state index is 3.55. The number of benzene rings is 1. The molecule has 3 rings (SSSR count). The highest BCUT2D eigenvalue weighted by Crippen LogP contribution is 2.26. The third kappa shape index (κ3) is 2.34. The van der Waals surface area contributed by atoms with Crippen molar-refractivity contribution in [3.05, 3.63) is 46.7 Å². The molecule has 0 bridgehead atoms. The zero-order valence-corrected chi connectivity index (χ0v) is 9.96. The molecule has 0 aliphatic heterocycles. The molecule has 2 aromatic rings. The number of rotatable bonds is 4. The second-order valence-electron chi connectivity index (χ2n) is 4.32. The Labute approximate surface area is 100 Å². The lowest BCUT2D eigenvalue weighted by Gasteiger charge is -1.98. The second kappa shape index (κ2) is 4.40. The van der Waals surface area contributed by atoms with E-state index >= 15 is 0 Å². The molecule has 1 saturated carbocycles. The SMILES string of the molecule is c1ccc(-c2csc(CNC3CC3)c2)cc1. The number of thiophene rings is 1. The quantitative estimate of drug-likeness (QED) is 0.843. The van der Waals surface area contributed by atoms with Crippen LogP contribution in [0.2, 0.25) is 0 Å². The van der Waals surface area contributed by atoms with Gasteiger partial charge in [0.2, 0.25) is 0 Å². The van der Waals surface area contributed by atoms with Crippen molar-refractivity contribution >= 4 is 11.3 Å². The molecule has 1 aromatic carbocycles. The Bertz CT molecular complexity index is 457. The molecule has 1 aliphatic carbocycles. The molecule has 0 spiro atoms. The number of hydrogen-bond acceptors (Lipinski definition) is 2. The van der Waals surface area contributed by atoms with Crippen LogP contribution in [0, 0.1) is 0 Å². The molecule has 2 heteroatoms. The van der Waals surface area contributed by atoms with Crippen LogP contribution in [0.5, 0.6) is 0 Å². The standard InChI is InChI=1S/C14H15NS/c1-2-4-11(5-3-1)12-8-14(16-10-12)9-15-13-6-7-13/h1-5,8,10,13,15H,6-7,9H2. The summed E-state index contributed by atoms with van der Waals surface area (Å²) in [6.45, 7) is 1.03. The topological polar surface area (TPSA) is 12.0 Å². The van der Waals surface area contributed by atoms with Gasteiger partial charge in [-0.05, 0) is 35.4 Å². The first-order valence-corrected chi connectivity index (χ1v) is 6.66. The van der Waals surface area contributed by atoms with Crippen molar-refractivity contribution < 1.29 is 0 Å². The Morgan fingerprint density at radius 3 is 2.69 bits per heavy atom. The Morgan fingerprint density at radius 1 is 1.12 bits per heavy atom. The summed E-state index contributed by atoms with van der Waals surface area (Å²) in [6.07, 6.45) is 2.72. The molecule has 1 heterocycles. The van der Waals surface area contributed by atoms with Crippen LogP contribution in [0.15, 0.2) is 41.8 Å². The molecule has 1 fully saturated rings. The fourth-order valence-electron chi connectivity index (χ4n) is 1.79. The van der Waals surface area contributed by atoms with Gasteiger partial charge in [-0.3, -0.25) is 0 Å². The fourth-order valence-corrected chi connectivity index (χ4v) is 2.63. The first-order chi connectivity index (χ1) is 7.92. The lowest BCUT2D eigenvalue weighted by atomic mass is 10.1. The molecular weight excluding hydrogens is 214 g/mol. The predicted octanol–water partition coefficient (Wildman–Crippen LogP) is 3.67. The molecule has 1 N–H and O–H groups in total. The second-order valence-corrected chi connectivity index (χ2v) is 5.32. The Morgan fingerprint density at radius 2 is 1.94 bits per heavy atom. The lowest BCUT2D eigenvalue weighted by Crippen LogP contribution is -2.14. The van der Waals surface area contributed by atoms with Gasteiger partial charge in [-0.1, -0.05) is 30.3 Å². The number of hydrogen-bond donors (Lipinski definition) is 1. The van der Waals surface area contributed by atoms with Crippen LogP contribution in [0.1, 0.15) is 17.7 Å². The molecule has 0 amide bonds. The minimum absolute atomic E-state index is 0.794. The molecule has 16 heavy (non-hydrogen) atoms. The maximum Gasteiger partial charge on any atom is 0.0302 e. The van der Waals surface area contributed by atoms with Gasteiger partial charge in [-0.25, -0.2) is 0 Å². The molecule has 0 unspecified atom stereocenters. The van der Waals surface area contributed by atoms with E-state index in [1.54, 1.807) is 0 Å². The van der Waals surface area contributed by atoms with E-state index in [1.165, 1.54) is 28.8 Å². The van der Waals surface area contributed by atoms with E-state index in [0.29, 0.717) is 0 Å². The highest BCUT2D eigenvalue weighted by molar-refractivity contribution is 7.10. The molecule has 1 aliphatic rings. The van der Waals surface area contributed by atoms with Gasteiger partial charge in [0.15, 0.2) is 0 Å². The van der Waals surface area contributed by atoms with E-state index in [1.807, 2.05) is 11.3 Å². The van der Waals surface area contributed by atoms with Crippen LogP contribution in [0.25, 0.3) is 11.1 Å². The summed E-state index contributed by atoms with van der Waals surface area (Å²) in [5.41, 5.74) is 2.66. The van der Waals surface area contributed by atoms with E-state index in [4.69, 9.17) is 0 Å². The van der Waals surface area contributed by atoms with Crippen LogP contribution in [0.4, 0.5) is 0 Å². The van der Waals surface area contributed by atoms with Crippen molar-refractivity contribution in [2.45, 2.75) is 25.4 Å². The summed E-state index contributed by atoms with van der Waals surface area (Å²) in [6, 6.07) is 13.7. The average Bonchev–Trinajstić information content (AvgIpc) is 3.05. The van der Waals surface area contributed by atoms with Gasteiger partial charge >= 0.3 is 0 Å². The smallest absolute Gasteiger partial charge is 0.0302 e. The van der Waals surface area contributed by atoms with Crippen LogP contribution in [-0.2, 0) is 6.54 Å². The van der Waals surface area contributed by atoms with Crippen molar-refractivity contribution in [1.29, 1.82) is 0 Å². The highest BCUT2D eigenvalue weighted by Gasteiger charge is 2.20. The summed E-state index contributed by atoms with van der Waals surface area (Å²) in [5.74, 6) is 0. The average molecular weight is 229 g/mol. The summed E-state index contributed by atoms with van der Waals surface area (Å²) < 4.78 is 0. The predicted molar refractivity (Wildman–Crippen MR) is 69.6 cm³/mol. The monoisotopic (exact) mass is 229 g/mol. The molecule has 1 nitrogen and oxygen atoms in total. The van der Waals surface area contributed by atoms with Gasteiger partial charge in [0, 0.05) is 17.5 Å². The molecular formula is C14H15NS. The number of nitrogens with one attached hydrogen (secondary N) is 1. The fraction of sp³-hybridized carbons (Fsp3) is 0.286. The molecule has 1 aromatic heterocycles. The van der Waals surface area contributed by atoms with Gasteiger partial charge in [0.1, 0.15) is 0 Å². The normalized spacial score (nSPS) is 15.2. The summed E-state index contributed by atoms with van der Waals surface area (Å²) >= 11 is 1.85. The van der Waals surface area contributed by atoms with Crippen molar-refractivity contribution in [2.24, 2.45) is 0 Å². The van der Waals surface area contributed by atoms with Gasteiger partial charge in [-0.2, -0.15) is 0 Å². The van der Waals surface area contributed by atoms with Crippen molar-refractivity contribution in [3.8, 4) is 11.1 Å². The maximum absolute atomic E-state index is 3.55. The van der Waals surface area contributed by atoms with Crippen LogP contribution in [-0.4, -0.2) is 6.04 Å². The van der Waals surface area contributed by atoms with E-state index in [0.717, 1.165) is 12.6 Å². The molecule has 0 saturated heterocycles.